The highest BCUT2D eigenvalue weighted by atomic mass is 31.2. The van der Waals surface area contributed by atoms with Crippen molar-refractivity contribution in [2.24, 2.45) is 0 Å². The maximum atomic E-state index is 12.5. The zero-order valence-corrected chi connectivity index (χ0v) is 28.1. The van der Waals surface area contributed by atoms with Crippen LogP contribution in [0.1, 0.15) is 129 Å². The van der Waals surface area contributed by atoms with E-state index in [0.29, 0.717) is 24.1 Å². The van der Waals surface area contributed by atoms with Gasteiger partial charge in [-0.3, -0.25) is 9.36 Å². The number of hydrogen-bond acceptors (Lipinski definition) is 7. The molecule has 41 heavy (non-hydrogen) atoms. The molecule has 0 radical (unpaired) electrons. The molecule has 0 fully saturated rings. The second-order valence-electron chi connectivity index (χ2n) is 12.2. The lowest BCUT2D eigenvalue weighted by molar-refractivity contribution is -0.870. The molecule has 0 aromatic carbocycles. The van der Waals surface area contributed by atoms with Crippen LogP contribution in [0.15, 0.2) is 12.2 Å². The lowest BCUT2D eigenvalue weighted by Crippen LogP contribution is -2.37. The molecular weight excluding hydrogens is 541 g/mol. The number of unbranched alkanes of at least 4 members (excludes halogenated alkanes) is 14. The average Bonchev–Trinajstić information content (AvgIpc) is 2.90. The summed E-state index contributed by atoms with van der Waals surface area (Å²) in [7, 11) is 1.35. The van der Waals surface area contributed by atoms with Gasteiger partial charge in [-0.15, -0.1) is 0 Å². The molecule has 0 aromatic heterocycles. The van der Waals surface area contributed by atoms with Crippen LogP contribution in [0.3, 0.4) is 0 Å². The molecule has 0 bridgehead atoms. The maximum absolute atomic E-state index is 12.5. The van der Waals surface area contributed by atoms with Gasteiger partial charge in [0.2, 0.25) is 0 Å². The molecule has 0 amide bonds. The van der Waals surface area contributed by atoms with Gasteiger partial charge in [-0.2, -0.15) is 0 Å². The first-order valence-corrected chi connectivity index (χ1v) is 17.9. The van der Waals surface area contributed by atoms with E-state index in [1.165, 1.54) is 57.8 Å². The van der Waals surface area contributed by atoms with Crippen molar-refractivity contribution >= 4 is 13.8 Å². The first-order chi connectivity index (χ1) is 19.6. The molecule has 0 aliphatic heterocycles. The average molecular weight is 606 g/mol. The van der Waals surface area contributed by atoms with E-state index in [1.807, 2.05) is 21.1 Å². The van der Waals surface area contributed by atoms with Crippen molar-refractivity contribution in [1.29, 1.82) is 0 Å². The normalized spacial score (nSPS) is 14.4. The molecule has 244 valence electrons. The van der Waals surface area contributed by atoms with Crippen LogP contribution in [0.2, 0.25) is 0 Å². The van der Waals surface area contributed by atoms with Gasteiger partial charge >= 0.3 is 5.97 Å². The van der Waals surface area contributed by atoms with Crippen LogP contribution in [0.25, 0.3) is 0 Å². The van der Waals surface area contributed by atoms with E-state index in [0.717, 1.165) is 51.4 Å². The second-order valence-corrected chi connectivity index (χ2v) is 13.6. The van der Waals surface area contributed by atoms with Crippen LogP contribution in [-0.2, 0) is 27.9 Å². The Morgan fingerprint density at radius 2 is 1.32 bits per heavy atom. The highest BCUT2D eigenvalue weighted by molar-refractivity contribution is 7.45. The van der Waals surface area contributed by atoms with Crippen molar-refractivity contribution in [1.82, 2.24) is 0 Å². The zero-order valence-electron chi connectivity index (χ0n) is 27.2. The standard InChI is InChI=1S/C32H64NO7P/c1-6-8-10-12-14-16-17-19-21-23-25-32(34)40-31(30-39-41(35,36)38-28-26-33(3,4)5)29-37-27-24-22-20-18-15-13-11-9-7-2/h10,12,31H,6-9,11,13-30H2,1-5H3/b12-10-. The Morgan fingerprint density at radius 3 is 1.95 bits per heavy atom. The Balaban J connectivity index is 4.38. The van der Waals surface area contributed by atoms with Crippen molar-refractivity contribution in [3.63, 3.8) is 0 Å². The Kier molecular flexibility index (Phi) is 26.3. The summed E-state index contributed by atoms with van der Waals surface area (Å²) in [6.45, 7) is 5.31. The van der Waals surface area contributed by atoms with E-state index in [4.69, 9.17) is 18.5 Å². The lowest BCUT2D eigenvalue weighted by Gasteiger charge is -2.28. The highest BCUT2D eigenvalue weighted by Gasteiger charge is 2.20. The van der Waals surface area contributed by atoms with Gasteiger partial charge in [0.05, 0.1) is 34.4 Å². The molecule has 9 heteroatoms. The van der Waals surface area contributed by atoms with Crippen LogP contribution >= 0.6 is 7.82 Å². The van der Waals surface area contributed by atoms with Gasteiger partial charge in [0, 0.05) is 13.0 Å². The topological polar surface area (TPSA) is 94.1 Å². The predicted octanol–water partition coefficient (Wildman–Crippen LogP) is 7.74. The van der Waals surface area contributed by atoms with Crippen molar-refractivity contribution in [2.45, 2.75) is 136 Å². The molecule has 0 saturated carbocycles. The molecule has 0 N–H and O–H groups in total. The van der Waals surface area contributed by atoms with E-state index in [2.05, 4.69) is 26.0 Å². The van der Waals surface area contributed by atoms with E-state index in [-0.39, 0.29) is 25.8 Å². The number of nitrogens with zero attached hydrogens (tertiary/aromatic N) is 1. The number of carbonyl (C=O) groups excluding carboxylic acids is 1. The van der Waals surface area contributed by atoms with Crippen LogP contribution in [0.4, 0.5) is 0 Å². The number of phosphoric ester groups is 1. The molecule has 0 aliphatic rings. The molecule has 2 unspecified atom stereocenters. The molecule has 0 spiro atoms. The summed E-state index contributed by atoms with van der Waals surface area (Å²) in [6, 6.07) is 0. The number of hydrogen-bond donors (Lipinski definition) is 0. The molecule has 0 saturated heterocycles. The van der Waals surface area contributed by atoms with Crippen molar-refractivity contribution in [3.05, 3.63) is 12.2 Å². The first-order valence-electron chi connectivity index (χ1n) is 16.4. The van der Waals surface area contributed by atoms with E-state index >= 15 is 0 Å². The maximum Gasteiger partial charge on any atom is 0.306 e. The van der Waals surface area contributed by atoms with Gasteiger partial charge in [0.1, 0.15) is 19.3 Å². The summed E-state index contributed by atoms with van der Waals surface area (Å²) in [5.41, 5.74) is 0. The summed E-state index contributed by atoms with van der Waals surface area (Å²) in [5.74, 6) is -0.348. The summed E-state index contributed by atoms with van der Waals surface area (Å²) < 4.78 is 34.2. The van der Waals surface area contributed by atoms with Gasteiger partial charge in [0.15, 0.2) is 0 Å². The van der Waals surface area contributed by atoms with Gasteiger partial charge in [-0.25, -0.2) is 0 Å². The Bertz CT molecular complexity index is 681. The summed E-state index contributed by atoms with van der Waals surface area (Å²) >= 11 is 0. The molecule has 0 aliphatic carbocycles. The highest BCUT2D eigenvalue weighted by Crippen LogP contribution is 2.38. The fraction of sp³-hybridized carbons (Fsp3) is 0.906. The van der Waals surface area contributed by atoms with Gasteiger partial charge < -0.3 is 27.9 Å². The molecule has 0 aromatic rings. The second kappa shape index (κ2) is 26.8. The number of esters is 1. The summed E-state index contributed by atoms with van der Waals surface area (Å²) in [5, 5.41) is 0. The predicted molar refractivity (Wildman–Crippen MR) is 167 cm³/mol. The first kappa shape index (κ1) is 40.2. The van der Waals surface area contributed by atoms with Crippen LogP contribution < -0.4 is 4.89 Å². The molecular formula is C32H64NO7P. The SMILES string of the molecule is CCC/C=C\CCCCCCCC(=O)OC(COCCCCCCCCCCC)COP(=O)([O-])OCC[N+](C)(C)C. The fourth-order valence-corrected chi connectivity index (χ4v) is 4.92. The number of quaternary nitrogens is 1. The quantitative estimate of drug-likeness (QED) is 0.0272. The third-order valence-electron chi connectivity index (χ3n) is 6.80. The number of likely N-dealkylation sites (N-methyl/N-ethyl adjacent to an activating group) is 1. The minimum Gasteiger partial charge on any atom is -0.756 e. The van der Waals surface area contributed by atoms with Crippen LogP contribution in [-0.4, -0.2) is 70.7 Å². The minimum atomic E-state index is -4.50. The zero-order chi connectivity index (χ0) is 30.7. The minimum absolute atomic E-state index is 0.0267. The molecule has 8 nitrogen and oxygen atoms in total. The van der Waals surface area contributed by atoms with E-state index in [1.54, 1.807) is 0 Å². The Morgan fingerprint density at radius 1 is 0.732 bits per heavy atom. The van der Waals surface area contributed by atoms with Crippen LogP contribution in [0.5, 0.6) is 0 Å². The number of allylic oxidation sites excluding steroid dienone is 2. The number of ether oxygens (including phenoxy) is 2. The van der Waals surface area contributed by atoms with Crippen molar-refractivity contribution < 1.29 is 37.3 Å². The lowest BCUT2D eigenvalue weighted by atomic mass is 10.1. The number of rotatable bonds is 30. The van der Waals surface area contributed by atoms with Gasteiger partial charge in [0.25, 0.3) is 7.82 Å². The third-order valence-corrected chi connectivity index (χ3v) is 7.76. The molecule has 0 rings (SSSR count). The number of carbonyl (C=O) groups is 1. The summed E-state index contributed by atoms with van der Waals surface area (Å²) in [4.78, 5) is 24.7. The van der Waals surface area contributed by atoms with Gasteiger partial charge in [-0.1, -0.05) is 103 Å². The largest absolute Gasteiger partial charge is 0.756 e. The molecule has 2 atom stereocenters. The van der Waals surface area contributed by atoms with E-state index < -0.39 is 13.9 Å². The fourth-order valence-electron chi connectivity index (χ4n) is 4.19. The monoisotopic (exact) mass is 605 g/mol. The van der Waals surface area contributed by atoms with E-state index in [9.17, 15) is 14.3 Å². The Hall–Kier alpha value is -0.760. The third kappa shape index (κ3) is 30.5. The number of phosphoric acid groups is 1. The molecule has 0 heterocycles. The van der Waals surface area contributed by atoms with Crippen molar-refractivity contribution in [2.75, 3.05) is 54.1 Å². The van der Waals surface area contributed by atoms with Gasteiger partial charge in [-0.05, 0) is 32.1 Å². The summed E-state index contributed by atoms with van der Waals surface area (Å²) in [6.07, 6.45) is 23.6. The Labute approximate surface area is 252 Å². The van der Waals surface area contributed by atoms with Crippen molar-refractivity contribution in [3.8, 4) is 0 Å². The smallest absolute Gasteiger partial charge is 0.306 e. The van der Waals surface area contributed by atoms with Crippen LogP contribution in [0, 0.1) is 0 Å².